The number of aryl methyl sites for hydroxylation is 2. The molecule has 1 aromatic carbocycles. The van der Waals surface area contributed by atoms with Gasteiger partial charge in [-0.15, -0.1) is 0 Å². The lowest BCUT2D eigenvalue weighted by atomic mass is 10.0. The number of amides is 3. The van der Waals surface area contributed by atoms with E-state index in [9.17, 15) is 14.0 Å². The maximum atomic E-state index is 14.7. The molecule has 0 saturated carbocycles. The van der Waals surface area contributed by atoms with Crippen molar-refractivity contribution in [2.24, 2.45) is 7.05 Å². The number of nitrogens with one attached hydrogen (secondary N) is 2. The molecule has 0 bridgehead atoms. The van der Waals surface area contributed by atoms with E-state index in [1.54, 1.807) is 23.9 Å². The second kappa shape index (κ2) is 5.17. The standard InChI is InChI=1S/C17H15FN4O3/c1-7-14(8(2)22(3)21-7)10-4-9-5-13(25-12(9)6-11(10)18)15-16(23)20-17(24)19-15/h4-6,15H,1-3H3,(H2,19,20,23,24). The number of rotatable bonds is 2. The Bertz CT molecular complexity index is 1050. The van der Waals surface area contributed by atoms with Crippen LogP contribution in [-0.2, 0) is 11.8 Å². The van der Waals surface area contributed by atoms with Crippen LogP contribution in [-0.4, -0.2) is 21.7 Å². The molecule has 0 radical (unpaired) electrons. The van der Waals surface area contributed by atoms with Crippen molar-refractivity contribution in [2.75, 3.05) is 0 Å². The summed E-state index contributed by atoms with van der Waals surface area (Å²) in [5.41, 5.74) is 3.04. The molecule has 3 aromatic rings. The Hall–Kier alpha value is -3.16. The number of urea groups is 1. The van der Waals surface area contributed by atoms with E-state index in [1.807, 2.05) is 13.8 Å². The molecule has 25 heavy (non-hydrogen) atoms. The van der Waals surface area contributed by atoms with Gasteiger partial charge in [-0.3, -0.25) is 14.8 Å². The van der Waals surface area contributed by atoms with Crippen LogP contribution >= 0.6 is 0 Å². The molecule has 2 N–H and O–H groups in total. The van der Waals surface area contributed by atoms with E-state index in [0.717, 1.165) is 17.0 Å². The summed E-state index contributed by atoms with van der Waals surface area (Å²) in [6.45, 7) is 3.70. The maximum absolute atomic E-state index is 14.7. The van der Waals surface area contributed by atoms with Gasteiger partial charge in [0, 0.05) is 35.3 Å². The van der Waals surface area contributed by atoms with Gasteiger partial charge >= 0.3 is 6.03 Å². The van der Waals surface area contributed by atoms with Crippen LogP contribution in [0.5, 0.6) is 0 Å². The largest absolute Gasteiger partial charge is 0.458 e. The minimum absolute atomic E-state index is 0.259. The van der Waals surface area contributed by atoms with Gasteiger partial charge in [0.05, 0.1) is 5.69 Å². The minimum Gasteiger partial charge on any atom is -0.458 e. The van der Waals surface area contributed by atoms with Crippen LogP contribution in [0.15, 0.2) is 22.6 Å². The van der Waals surface area contributed by atoms with Crippen LogP contribution in [0, 0.1) is 19.7 Å². The number of imide groups is 1. The Morgan fingerprint density at radius 3 is 2.60 bits per heavy atom. The van der Waals surface area contributed by atoms with Crippen molar-refractivity contribution in [2.45, 2.75) is 19.9 Å². The molecule has 1 saturated heterocycles. The Labute approximate surface area is 141 Å². The molecule has 7 nitrogen and oxygen atoms in total. The van der Waals surface area contributed by atoms with Crippen molar-refractivity contribution in [3.05, 3.63) is 41.2 Å². The zero-order valence-electron chi connectivity index (χ0n) is 13.8. The van der Waals surface area contributed by atoms with Crippen LogP contribution in [0.4, 0.5) is 9.18 Å². The van der Waals surface area contributed by atoms with Gasteiger partial charge in [0.2, 0.25) is 0 Å². The topological polar surface area (TPSA) is 89.2 Å². The molecular weight excluding hydrogens is 327 g/mol. The average molecular weight is 342 g/mol. The van der Waals surface area contributed by atoms with Gasteiger partial charge in [0.15, 0.2) is 6.04 Å². The number of nitrogens with zero attached hydrogens (tertiary/aromatic N) is 2. The van der Waals surface area contributed by atoms with Crippen molar-refractivity contribution >= 4 is 22.9 Å². The van der Waals surface area contributed by atoms with Gasteiger partial charge in [-0.2, -0.15) is 5.10 Å². The average Bonchev–Trinajstić information content (AvgIpc) is 3.16. The monoisotopic (exact) mass is 342 g/mol. The van der Waals surface area contributed by atoms with Crippen molar-refractivity contribution in [3.63, 3.8) is 0 Å². The molecule has 1 aliphatic rings. The van der Waals surface area contributed by atoms with Crippen LogP contribution in [0.2, 0.25) is 0 Å². The number of fused-ring (bicyclic) bond motifs is 1. The third-order valence-corrected chi connectivity index (χ3v) is 4.46. The summed E-state index contributed by atoms with van der Waals surface area (Å²) in [5, 5.41) is 9.57. The number of hydrogen-bond acceptors (Lipinski definition) is 4. The summed E-state index contributed by atoms with van der Waals surface area (Å²) in [7, 11) is 1.81. The molecule has 8 heteroatoms. The van der Waals surface area contributed by atoms with Crippen molar-refractivity contribution in [3.8, 4) is 11.1 Å². The molecule has 4 rings (SSSR count). The maximum Gasteiger partial charge on any atom is 0.322 e. The molecule has 0 spiro atoms. The number of benzene rings is 1. The molecule has 0 aliphatic carbocycles. The van der Waals surface area contributed by atoms with Gasteiger partial charge < -0.3 is 9.73 Å². The smallest absolute Gasteiger partial charge is 0.322 e. The van der Waals surface area contributed by atoms with E-state index >= 15 is 0 Å². The molecule has 3 amide bonds. The minimum atomic E-state index is -0.909. The van der Waals surface area contributed by atoms with E-state index in [0.29, 0.717) is 16.5 Å². The summed E-state index contributed by atoms with van der Waals surface area (Å²) < 4.78 is 21.9. The first-order chi connectivity index (χ1) is 11.8. The van der Waals surface area contributed by atoms with Crippen molar-refractivity contribution in [1.29, 1.82) is 0 Å². The van der Waals surface area contributed by atoms with E-state index in [2.05, 4.69) is 15.7 Å². The lowest BCUT2D eigenvalue weighted by molar-refractivity contribution is -0.120. The number of carbonyl (C=O) groups excluding carboxylic acids is 2. The highest BCUT2D eigenvalue weighted by Gasteiger charge is 2.33. The summed E-state index contributed by atoms with van der Waals surface area (Å²) in [5.74, 6) is -0.675. The highest BCUT2D eigenvalue weighted by molar-refractivity contribution is 6.04. The number of hydrogen-bond donors (Lipinski definition) is 2. The molecule has 1 fully saturated rings. The highest BCUT2D eigenvalue weighted by atomic mass is 19.1. The molecule has 1 atom stereocenters. The molecule has 1 aliphatic heterocycles. The lowest BCUT2D eigenvalue weighted by Crippen LogP contribution is -2.22. The third kappa shape index (κ3) is 2.29. The van der Waals surface area contributed by atoms with E-state index < -0.39 is 23.8 Å². The quantitative estimate of drug-likeness (QED) is 0.700. The number of aromatic nitrogens is 2. The van der Waals surface area contributed by atoms with Gasteiger partial charge in [-0.05, 0) is 26.0 Å². The second-order valence-corrected chi connectivity index (χ2v) is 6.08. The van der Waals surface area contributed by atoms with Crippen LogP contribution in [0.3, 0.4) is 0 Å². The first-order valence-corrected chi connectivity index (χ1v) is 7.70. The Kier molecular flexibility index (Phi) is 3.18. The lowest BCUT2D eigenvalue weighted by Gasteiger charge is -2.04. The number of furan rings is 1. The van der Waals surface area contributed by atoms with E-state index in [1.165, 1.54) is 6.07 Å². The van der Waals surface area contributed by atoms with Crippen LogP contribution < -0.4 is 10.6 Å². The SMILES string of the molecule is Cc1nn(C)c(C)c1-c1cc2cc(C3NC(=O)NC3=O)oc2cc1F. The third-order valence-electron chi connectivity index (χ3n) is 4.46. The zero-order chi connectivity index (χ0) is 17.9. The predicted molar refractivity (Wildman–Crippen MR) is 87.3 cm³/mol. The molecule has 1 unspecified atom stereocenters. The van der Waals surface area contributed by atoms with Gasteiger partial charge in [-0.25, -0.2) is 9.18 Å². The van der Waals surface area contributed by atoms with Gasteiger partial charge in [0.1, 0.15) is 17.2 Å². The van der Waals surface area contributed by atoms with Crippen molar-refractivity contribution in [1.82, 2.24) is 20.4 Å². The van der Waals surface area contributed by atoms with Crippen LogP contribution in [0.1, 0.15) is 23.2 Å². The molecule has 128 valence electrons. The summed E-state index contributed by atoms with van der Waals surface area (Å²) in [4.78, 5) is 23.0. The summed E-state index contributed by atoms with van der Waals surface area (Å²) >= 11 is 0. The fourth-order valence-electron chi connectivity index (χ4n) is 3.20. The van der Waals surface area contributed by atoms with Crippen molar-refractivity contribution < 1.29 is 18.4 Å². The molecular formula is C17H15FN4O3. The number of halogens is 1. The van der Waals surface area contributed by atoms with E-state index in [-0.39, 0.29) is 5.76 Å². The van der Waals surface area contributed by atoms with Gasteiger partial charge in [-0.1, -0.05) is 0 Å². The first kappa shape index (κ1) is 15.4. The summed E-state index contributed by atoms with van der Waals surface area (Å²) in [6.07, 6.45) is 0. The zero-order valence-corrected chi connectivity index (χ0v) is 13.8. The van der Waals surface area contributed by atoms with Gasteiger partial charge in [0.25, 0.3) is 5.91 Å². The molecule has 2 aromatic heterocycles. The normalized spacial score (nSPS) is 17.2. The fourth-order valence-corrected chi connectivity index (χ4v) is 3.20. The van der Waals surface area contributed by atoms with E-state index in [4.69, 9.17) is 4.42 Å². The Balaban J connectivity index is 1.85. The highest BCUT2D eigenvalue weighted by Crippen LogP contribution is 2.34. The Morgan fingerprint density at radius 2 is 2.00 bits per heavy atom. The Morgan fingerprint density at radius 1 is 1.24 bits per heavy atom. The first-order valence-electron chi connectivity index (χ1n) is 7.70. The fraction of sp³-hybridized carbons (Fsp3) is 0.235. The second-order valence-electron chi connectivity index (χ2n) is 6.08. The molecule has 3 heterocycles. The summed E-state index contributed by atoms with van der Waals surface area (Å²) in [6, 6.07) is 3.10. The number of carbonyl (C=O) groups is 2. The van der Waals surface area contributed by atoms with Crippen LogP contribution in [0.25, 0.3) is 22.1 Å². The predicted octanol–water partition coefficient (Wildman–Crippen LogP) is 2.47.